The average molecular weight is 765 g/mol. The number of rotatable bonds is 9. The summed E-state index contributed by atoms with van der Waals surface area (Å²) in [6.45, 7) is 9.95. The van der Waals surface area contributed by atoms with Gasteiger partial charge in [0.1, 0.15) is 11.6 Å². The van der Waals surface area contributed by atoms with Crippen molar-refractivity contribution in [2.75, 3.05) is 0 Å². The fourth-order valence-corrected chi connectivity index (χ4v) is 7.75. The van der Waals surface area contributed by atoms with E-state index in [1.54, 1.807) is 6.08 Å². The Bertz CT molecular complexity index is 2940. The van der Waals surface area contributed by atoms with Gasteiger partial charge in [-0.1, -0.05) is 159 Å². The van der Waals surface area contributed by atoms with Gasteiger partial charge < -0.3 is 4.57 Å². The van der Waals surface area contributed by atoms with E-state index in [1.165, 1.54) is 44.5 Å². The van der Waals surface area contributed by atoms with Crippen LogP contribution in [-0.2, 0) is 13.5 Å². The molecule has 2 aromatic heterocycles. The van der Waals surface area contributed by atoms with Crippen LogP contribution in [0.1, 0.15) is 25.0 Å². The standard InChI is InChI=1S/C48H38N4.C7H10/c1-4-33-20-29-39(35-21-25-36(26-22-35)47-49-43-14-8-10-16-45(43)51(47)3)31-42(33)41-30-38(19-18-32(41)2)34-23-27-37(28-24-34)48-50-44-15-9-11-17-46(44)52(48)40-12-6-5-7-13-40;1-3-5-7-6-4-2/h5-31H,4H2,1-3H3;3-7H,1H2,2H3/b;6-4-,7-5-. The Morgan fingerprint density at radius 1 is 0.525 bits per heavy atom. The van der Waals surface area contributed by atoms with Crippen molar-refractivity contribution in [1.29, 1.82) is 0 Å². The third-order valence-electron chi connectivity index (χ3n) is 10.9. The normalized spacial score (nSPS) is 11.4. The minimum Gasteiger partial charge on any atom is -0.327 e. The number of hydrogen-bond donors (Lipinski definition) is 0. The summed E-state index contributed by atoms with van der Waals surface area (Å²) in [5.74, 6) is 1.92. The van der Waals surface area contributed by atoms with Gasteiger partial charge in [-0.2, -0.15) is 0 Å². The van der Waals surface area contributed by atoms with E-state index >= 15 is 0 Å². The van der Waals surface area contributed by atoms with Crippen LogP contribution in [0.2, 0.25) is 0 Å². The van der Waals surface area contributed by atoms with E-state index in [0.717, 1.165) is 57.0 Å². The van der Waals surface area contributed by atoms with Gasteiger partial charge in [-0.05, 0) is 113 Å². The molecule has 59 heavy (non-hydrogen) atoms. The molecule has 0 bridgehead atoms. The number of benzene rings is 7. The molecule has 9 rings (SSSR count). The molecule has 0 saturated heterocycles. The molecular formula is C55H48N4. The molecule has 0 amide bonds. The van der Waals surface area contributed by atoms with Gasteiger partial charge >= 0.3 is 0 Å². The Morgan fingerprint density at radius 2 is 1.05 bits per heavy atom. The van der Waals surface area contributed by atoms with Crippen LogP contribution in [0.3, 0.4) is 0 Å². The first-order valence-corrected chi connectivity index (χ1v) is 20.3. The maximum Gasteiger partial charge on any atom is 0.145 e. The zero-order valence-corrected chi connectivity index (χ0v) is 34.2. The summed E-state index contributed by atoms with van der Waals surface area (Å²) >= 11 is 0. The fourth-order valence-electron chi connectivity index (χ4n) is 7.75. The Balaban J connectivity index is 0.000000637. The topological polar surface area (TPSA) is 35.6 Å². The van der Waals surface area contributed by atoms with Gasteiger partial charge in [0.2, 0.25) is 0 Å². The molecular weight excluding hydrogens is 717 g/mol. The molecule has 288 valence electrons. The summed E-state index contributed by atoms with van der Waals surface area (Å²) in [6, 6.07) is 58.5. The summed E-state index contributed by atoms with van der Waals surface area (Å²) < 4.78 is 4.42. The minimum atomic E-state index is 0.939. The molecule has 2 heterocycles. The third-order valence-corrected chi connectivity index (χ3v) is 10.9. The lowest BCUT2D eigenvalue weighted by molar-refractivity contribution is 0.959. The predicted molar refractivity (Wildman–Crippen MR) is 251 cm³/mol. The molecule has 0 atom stereocenters. The quantitative estimate of drug-likeness (QED) is 0.137. The lowest BCUT2D eigenvalue weighted by atomic mass is 9.89. The predicted octanol–water partition coefficient (Wildman–Crippen LogP) is 14.4. The highest BCUT2D eigenvalue weighted by Crippen LogP contribution is 2.37. The van der Waals surface area contributed by atoms with E-state index in [2.05, 4.69) is 188 Å². The van der Waals surface area contributed by atoms with Crippen molar-refractivity contribution in [2.45, 2.75) is 27.2 Å². The molecule has 0 saturated carbocycles. The number of allylic oxidation sites excluding steroid dienone is 5. The zero-order valence-electron chi connectivity index (χ0n) is 34.2. The van der Waals surface area contributed by atoms with Crippen molar-refractivity contribution >= 4 is 22.1 Å². The van der Waals surface area contributed by atoms with Crippen LogP contribution >= 0.6 is 0 Å². The highest BCUT2D eigenvalue weighted by Gasteiger charge is 2.16. The minimum absolute atomic E-state index is 0.939. The summed E-state index contributed by atoms with van der Waals surface area (Å²) in [6.07, 6.45) is 10.5. The smallest absolute Gasteiger partial charge is 0.145 e. The molecule has 0 aliphatic heterocycles. The second-order valence-electron chi connectivity index (χ2n) is 14.6. The number of aryl methyl sites for hydroxylation is 3. The molecule has 0 aliphatic carbocycles. The molecule has 0 unspecified atom stereocenters. The first-order valence-electron chi connectivity index (χ1n) is 20.3. The summed E-state index contributed by atoms with van der Waals surface area (Å²) in [5.41, 5.74) is 17.5. The number of nitrogens with zero attached hydrogens (tertiary/aromatic N) is 4. The van der Waals surface area contributed by atoms with E-state index in [-0.39, 0.29) is 0 Å². The second-order valence-corrected chi connectivity index (χ2v) is 14.6. The van der Waals surface area contributed by atoms with Gasteiger partial charge in [0.25, 0.3) is 0 Å². The highest BCUT2D eigenvalue weighted by atomic mass is 15.1. The average Bonchev–Trinajstić information content (AvgIpc) is 3.85. The van der Waals surface area contributed by atoms with Crippen LogP contribution in [0.5, 0.6) is 0 Å². The summed E-state index contributed by atoms with van der Waals surface area (Å²) in [4.78, 5) is 9.98. The molecule has 7 aromatic carbocycles. The Hall–Kier alpha value is -7.30. The van der Waals surface area contributed by atoms with Crippen LogP contribution < -0.4 is 0 Å². The number of para-hydroxylation sites is 5. The van der Waals surface area contributed by atoms with E-state index in [4.69, 9.17) is 9.97 Å². The van der Waals surface area contributed by atoms with Crippen LogP contribution in [0.25, 0.3) is 83.9 Å². The van der Waals surface area contributed by atoms with Gasteiger partial charge in [0.05, 0.1) is 22.1 Å². The van der Waals surface area contributed by atoms with Crippen molar-refractivity contribution < 1.29 is 0 Å². The Labute approximate surface area is 347 Å². The van der Waals surface area contributed by atoms with E-state index in [0.29, 0.717) is 0 Å². The molecule has 0 N–H and O–H groups in total. The van der Waals surface area contributed by atoms with Gasteiger partial charge in [0, 0.05) is 23.9 Å². The molecule has 0 radical (unpaired) electrons. The van der Waals surface area contributed by atoms with Gasteiger partial charge in [0.15, 0.2) is 0 Å². The molecule has 4 nitrogen and oxygen atoms in total. The third kappa shape index (κ3) is 7.99. The largest absolute Gasteiger partial charge is 0.327 e. The lowest BCUT2D eigenvalue weighted by Gasteiger charge is -2.16. The first-order chi connectivity index (χ1) is 29.0. The molecule has 9 aromatic rings. The number of hydrogen-bond acceptors (Lipinski definition) is 2. The summed E-state index contributed by atoms with van der Waals surface area (Å²) in [7, 11) is 2.09. The maximum atomic E-state index is 5.07. The lowest BCUT2D eigenvalue weighted by Crippen LogP contribution is -1.97. The van der Waals surface area contributed by atoms with Crippen LogP contribution in [0, 0.1) is 6.92 Å². The van der Waals surface area contributed by atoms with Gasteiger partial charge in [-0.15, -0.1) is 0 Å². The second kappa shape index (κ2) is 17.5. The first kappa shape index (κ1) is 38.6. The van der Waals surface area contributed by atoms with E-state index in [1.807, 2.05) is 43.4 Å². The zero-order chi connectivity index (χ0) is 40.7. The molecule has 0 aliphatic rings. The fraction of sp³-hybridized carbons (Fsp3) is 0.0909. The Morgan fingerprint density at radius 3 is 1.68 bits per heavy atom. The van der Waals surface area contributed by atoms with Crippen LogP contribution in [0.15, 0.2) is 201 Å². The monoisotopic (exact) mass is 764 g/mol. The number of imidazole rings is 2. The van der Waals surface area contributed by atoms with Crippen molar-refractivity contribution in [3.63, 3.8) is 0 Å². The Kier molecular flexibility index (Phi) is 11.4. The van der Waals surface area contributed by atoms with Crippen LogP contribution in [0.4, 0.5) is 0 Å². The van der Waals surface area contributed by atoms with Gasteiger partial charge in [-0.25, -0.2) is 9.97 Å². The number of aromatic nitrogens is 4. The SMILES string of the molecule is C=C/C=C\C=C/C.CCc1ccc(-c2ccc(-c3nc4ccccc4n3C)cc2)cc1-c1cc(-c2ccc(-c3nc4ccccc4n3-c3ccccc3)cc2)ccc1C. The molecule has 0 spiro atoms. The highest BCUT2D eigenvalue weighted by molar-refractivity contribution is 5.85. The van der Waals surface area contributed by atoms with Gasteiger partial charge in [-0.3, -0.25) is 4.57 Å². The van der Waals surface area contributed by atoms with Crippen molar-refractivity contribution in [3.8, 4) is 61.8 Å². The number of fused-ring (bicyclic) bond motifs is 2. The van der Waals surface area contributed by atoms with Crippen molar-refractivity contribution in [2.24, 2.45) is 7.05 Å². The molecule has 0 fully saturated rings. The maximum absolute atomic E-state index is 5.07. The van der Waals surface area contributed by atoms with Crippen molar-refractivity contribution in [1.82, 2.24) is 19.1 Å². The van der Waals surface area contributed by atoms with Crippen molar-refractivity contribution in [3.05, 3.63) is 212 Å². The van der Waals surface area contributed by atoms with E-state index < -0.39 is 0 Å². The van der Waals surface area contributed by atoms with E-state index in [9.17, 15) is 0 Å². The summed E-state index contributed by atoms with van der Waals surface area (Å²) in [5, 5.41) is 0. The molecule has 4 heteroatoms. The van der Waals surface area contributed by atoms with Crippen LogP contribution in [-0.4, -0.2) is 19.1 Å².